The Hall–Kier alpha value is -0.190. The molecule has 0 bridgehead atoms. The number of amidine groups is 1. The first-order valence-corrected chi connectivity index (χ1v) is 4.62. The zero-order valence-corrected chi connectivity index (χ0v) is 9.23. The lowest BCUT2D eigenvalue weighted by Crippen LogP contribution is -2.25. The molecule has 0 atom stereocenters. The Morgan fingerprint density at radius 3 is 2.54 bits per heavy atom. The minimum absolute atomic E-state index is 0.298. The van der Waals surface area contributed by atoms with E-state index < -0.39 is 5.97 Å². The molecule has 0 saturated heterocycles. The minimum Gasteiger partial charge on any atom is -0.460 e. The Labute approximate surface area is 91.7 Å². The number of hydrogen-bond donors (Lipinski definition) is 0. The van der Waals surface area contributed by atoms with Crippen molar-refractivity contribution in [2.24, 2.45) is 4.51 Å². The summed E-state index contributed by atoms with van der Waals surface area (Å²) in [7, 11) is 0. The van der Waals surface area contributed by atoms with Gasteiger partial charge in [-0.1, -0.05) is 13.3 Å². The molecule has 0 aliphatic heterocycles. The van der Waals surface area contributed by atoms with E-state index >= 15 is 0 Å². The predicted molar refractivity (Wildman–Crippen MR) is 52.7 cm³/mol. The molecule has 76 valence electrons. The molecule has 0 aliphatic rings. The highest BCUT2D eigenvalue weighted by Gasteiger charge is 2.18. The molecule has 0 saturated carbocycles. The second kappa shape index (κ2) is 7.24. The molecule has 0 aliphatic carbocycles. The summed E-state index contributed by atoms with van der Waals surface area (Å²) in [5, 5.41) is 0. The second-order valence-electron chi connectivity index (χ2n) is 2.13. The summed E-state index contributed by atoms with van der Waals surface area (Å²) in [5.41, 5.74) is 0. The van der Waals surface area contributed by atoms with E-state index in [1.165, 1.54) is 0 Å². The van der Waals surface area contributed by atoms with Crippen LogP contribution >= 0.6 is 35.3 Å². The highest BCUT2D eigenvalue weighted by atomic mass is 35.5. The molecule has 0 fully saturated rings. The third kappa shape index (κ3) is 5.18. The summed E-state index contributed by atoms with van der Waals surface area (Å²) in [6, 6.07) is 0. The molecular formula is C6H9Cl3N2O2. The number of unbranched alkanes of at least 4 members (excludes halogenated alkanes) is 1. The minimum atomic E-state index is -0.742. The van der Waals surface area contributed by atoms with Gasteiger partial charge in [0, 0.05) is 35.3 Å². The van der Waals surface area contributed by atoms with Crippen LogP contribution in [0.2, 0.25) is 0 Å². The topological polar surface area (TPSA) is 41.9 Å². The van der Waals surface area contributed by atoms with Crippen LogP contribution < -0.4 is 0 Å². The number of carbonyl (C=O) groups is 1. The number of carbonyl (C=O) groups excluding carboxylic acids is 1. The Bertz CT molecular complexity index is 196. The van der Waals surface area contributed by atoms with Crippen molar-refractivity contribution in [2.45, 2.75) is 19.8 Å². The largest absolute Gasteiger partial charge is 0.460 e. The number of rotatable bonds is 3. The van der Waals surface area contributed by atoms with Crippen molar-refractivity contribution >= 4 is 47.1 Å². The molecule has 0 aromatic rings. The zero-order chi connectivity index (χ0) is 10.3. The van der Waals surface area contributed by atoms with Gasteiger partial charge in [0.15, 0.2) is 0 Å². The van der Waals surface area contributed by atoms with Crippen LogP contribution in [0, 0.1) is 0 Å². The summed E-state index contributed by atoms with van der Waals surface area (Å²) < 4.78 is 8.23. The van der Waals surface area contributed by atoms with Crippen molar-refractivity contribution in [1.82, 2.24) is 3.94 Å². The van der Waals surface area contributed by atoms with E-state index in [4.69, 9.17) is 40.1 Å². The summed E-state index contributed by atoms with van der Waals surface area (Å²) in [5.74, 6) is -1.09. The summed E-state index contributed by atoms with van der Waals surface area (Å²) in [4.78, 5) is 11.0. The van der Waals surface area contributed by atoms with Gasteiger partial charge in [-0.15, -0.1) is 4.51 Å². The maximum Gasteiger partial charge on any atom is 0.377 e. The summed E-state index contributed by atoms with van der Waals surface area (Å²) in [6.07, 6.45) is 1.69. The first kappa shape index (κ1) is 12.8. The van der Waals surface area contributed by atoms with Gasteiger partial charge < -0.3 is 4.74 Å². The van der Waals surface area contributed by atoms with E-state index in [1.54, 1.807) is 0 Å². The first-order chi connectivity index (χ1) is 6.13. The van der Waals surface area contributed by atoms with Crippen molar-refractivity contribution in [1.29, 1.82) is 0 Å². The second-order valence-corrected chi connectivity index (χ2v) is 3.15. The SMILES string of the molecule is CCCCOC(=O)/C(=N\Cl)N(Cl)Cl. The van der Waals surface area contributed by atoms with E-state index in [2.05, 4.69) is 4.51 Å². The lowest BCUT2D eigenvalue weighted by atomic mass is 10.4. The Balaban J connectivity index is 3.94. The Morgan fingerprint density at radius 2 is 2.15 bits per heavy atom. The van der Waals surface area contributed by atoms with E-state index in [-0.39, 0.29) is 5.84 Å². The van der Waals surface area contributed by atoms with Crippen molar-refractivity contribution in [3.8, 4) is 0 Å². The van der Waals surface area contributed by atoms with Crippen molar-refractivity contribution in [3.05, 3.63) is 0 Å². The van der Waals surface area contributed by atoms with Gasteiger partial charge in [0.25, 0.3) is 5.84 Å². The molecule has 0 radical (unpaired) electrons. The predicted octanol–water partition coefficient (Wildman–Crippen LogP) is 2.49. The quantitative estimate of drug-likeness (QED) is 0.253. The van der Waals surface area contributed by atoms with Crippen LogP contribution in [0.3, 0.4) is 0 Å². The van der Waals surface area contributed by atoms with Gasteiger partial charge in [0.05, 0.1) is 6.61 Å². The number of hydrogen-bond acceptors (Lipinski definition) is 3. The summed E-state index contributed by atoms with van der Waals surface area (Å²) >= 11 is 15.5. The molecule has 0 amide bonds. The Kier molecular flexibility index (Phi) is 7.13. The fraction of sp³-hybridized carbons (Fsp3) is 0.667. The van der Waals surface area contributed by atoms with E-state index in [0.717, 1.165) is 12.8 Å². The molecule has 0 aromatic carbocycles. The average molecular weight is 248 g/mol. The molecule has 0 aromatic heterocycles. The van der Waals surface area contributed by atoms with Crippen LogP contribution in [0.15, 0.2) is 4.51 Å². The van der Waals surface area contributed by atoms with Gasteiger partial charge in [-0.05, 0) is 6.42 Å². The summed E-state index contributed by atoms with van der Waals surface area (Å²) in [6.45, 7) is 2.27. The lowest BCUT2D eigenvalue weighted by molar-refractivity contribution is -0.136. The fourth-order valence-corrected chi connectivity index (χ4v) is 0.941. The first-order valence-electron chi connectivity index (χ1n) is 3.61. The number of esters is 1. The van der Waals surface area contributed by atoms with E-state index in [9.17, 15) is 4.79 Å². The highest BCUT2D eigenvalue weighted by Crippen LogP contribution is 2.05. The average Bonchev–Trinajstić information content (AvgIpc) is 2.05. The van der Waals surface area contributed by atoms with Gasteiger partial charge in [-0.25, -0.2) is 4.79 Å². The number of nitrogens with zero attached hydrogens (tertiary/aromatic N) is 2. The van der Waals surface area contributed by atoms with Crippen LogP contribution in [0.5, 0.6) is 0 Å². The molecule has 0 rings (SSSR count). The Morgan fingerprint density at radius 1 is 1.54 bits per heavy atom. The molecule has 0 spiro atoms. The molecule has 4 nitrogen and oxygen atoms in total. The fourth-order valence-electron chi connectivity index (χ4n) is 0.506. The van der Waals surface area contributed by atoms with Crippen LogP contribution in [-0.4, -0.2) is 22.3 Å². The van der Waals surface area contributed by atoms with Gasteiger partial charge in [-0.3, -0.25) is 0 Å². The molecule has 0 unspecified atom stereocenters. The van der Waals surface area contributed by atoms with Gasteiger partial charge in [0.1, 0.15) is 0 Å². The molecular weight excluding hydrogens is 238 g/mol. The third-order valence-electron chi connectivity index (χ3n) is 1.15. The van der Waals surface area contributed by atoms with Crippen molar-refractivity contribution in [2.75, 3.05) is 6.61 Å². The molecule has 7 heteroatoms. The van der Waals surface area contributed by atoms with E-state index in [1.807, 2.05) is 6.92 Å². The standard InChI is InChI=1S/C6H9Cl3N2O2/c1-2-3-4-13-6(12)5(10-7)11(8)9/h2-4H2,1H3/b10-5+. The monoisotopic (exact) mass is 246 g/mol. The van der Waals surface area contributed by atoms with Crippen molar-refractivity contribution in [3.63, 3.8) is 0 Å². The smallest absolute Gasteiger partial charge is 0.377 e. The normalized spacial score (nSPS) is 11.2. The number of halogens is 3. The lowest BCUT2D eigenvalue weighted by Gasteiger charge is -2.07. The maximum atomic E-state index is 11.0. The van der Waals surface area contributed by atoms with Gasteiger partial charge >= 0.3 is 5.97 Å². The highest BCUT2D eigenvalue weighted by molar-refractivity contribution is 6.55. The molecule has 0 N–H and O–H groups in total. The van der Waals surface area contributed by atoms with Crippen molar-refractivity contribution < 1.29 is 9.53 Å². The molecule has 0 heterocycles. The van der Waals surface area contributed by atoms with Crippen LogP contribution in [0.25, 0.3) is 0 Å². The maximum absolute atomic E-state index is 11.0. The van der Waals surface area contributed by atoms with Crippen LogP contribution in [0.1, 0.15) is 19.8 Å². The zero-order valence-electron chi connectivity index (χ0n) is 6.97. The van der Waals surface area contributed by atoms with Gasteiger partial charge in [0.2, 0.25) is 0 Å². The molecule has 13 heavy (non-hydrogen) atoms. The van der Waals surface area contributed by atoms with Crippen LogP contribution in [0.4, 0.5) is 0 Å². The number of ether oxygens (including phenoxy) is 1. The van der Waals surface area contributed by atoms with Gasteiger partial charge in [-0.2, -0.15) is 3.94 Å². The van der Waals surface area contributed by atoms with E-state index in [0.29, 0.717) is 10.5 Å². The van der Waals surface area contributed by atoms with Crippen LogP contribution in [-0.2, 0) is 9.53 Å². The third-order valence-corrected chi connectivity index (χ3v) is 1.63.